The third kappa shape index (κ3) is 1.98. The zero-order chi connectivity index (χ0) is 12.6. The summed E-state index contributed by atoms with van der Waals surface area (Å²) in [6.07, 6.45) is -0.0531. The summed E-state index contributed by atoms with van der Waals surface area (Å²) < 4.78 is 0.763. The van der Waals surface area contributed by atoms with Gasteiger partial charge in [0.1, 0.15) is 0 Å². The predicted octanol–water partition coefficient (Wildman–Crippen LogP) is 2.54. The van der Waals surface area contributed by atoms with Gasteiger partial charge in [-0.1, -0.05) is 12.1 Å². The maximum atomic E-state index is 11.9. The van der Waals surface area contributed by atoms with Crippen LogP contribution in [0.4, 0.5) is 5.69 Å². The molecule has 17 heavy (non-hydrogen) atoms. The van der Waals surface area contributed by atoms with Crippen LogP contribution in [0, 0.1) is 0 Å². The van der Waals surface area contributed by atoms with Crippen LogP contribution in [-0.2, 0) is 9.59 Å². The van der Waals surface area contributed by atoms with Gasteiger partial charge in [-0.2, -0.15) is 0 Å². The highest BCUT2D eigenvalue weighted by molar-refractivity contribution is 9.10. The number of nitrogens with zero attached hydrogens (tertiary/aromatic N) is 1. The molecule has 0 fully saturated rings. The molecule has 1 aliphatic rings. The standard InChI is InChI=1S/C12H10BrNO3/c1-7-8(12(16)17)6-11(15)14(7)10-5-3-2-4-9(10)13/h2-5H,6H2,1H3,(H,16,17). The molecular formula is C12H10BrNO3. The third-order valence-corrected chi connectivity index (χ3v) is 3.37. The summed E-state index contributed by atoms with van der Waals surface area (Å²) >= 11 is 3.35. The lowest BCUT2D eigenvalue weighted by Crippen LogP contribution is -2.23. The molecule has 1 aliphatic heterocycles. The topological polar surface area (TPSA) is 57.6 Å². The van der Waals surface area contributed by atoms with Crippen LogP contribution in [0.15, 0.2) is 40.0 Å². The van der Waals surface area contributed by atoms with Crippen molar-refractivity contribution in [1.29, 1.82) is 0 Å². The van der Waals surface area contributed by atoms with E-state index < -0.39 is 5.97 Å². The van der Waals surface area contributed by atoms with Crippen molar-refractivity contribution in [2.24, 2.45) is 0 Å². The van der Waals surface area contributed by atoms with E-state index >= 15 is 0 Å². The first-order valence-corrected chi connectivity index (χ1v) is 5.82. The highest BCUT2D eigenvalue weighted by Crippen LogP contribution is 2.34. The third-order valence-electron chi connectivity index (χ3n) is 2.70. The lowest BCUT2D eigenvalue weighted by molar-refractivity contribution is -0.133. The van der Waals surface area contributed by atoms with E-state index in [0.717, 1.165) is 4.47 Å². The number of carbonyl (C=O) groups excluding carboxylic acids is 1. The second-order valence-corrected chi connectivity index (χ2v) is 4.58. The van der Waals surface area contributed by atoms with Gasteiger partial charge in [0.15, 0.2) is 0 Å². The Hall–Kier alpha value is -1.62. The van der Waals surface area contributed by atoms with E-state index in [4.69, 9.17) is 5.11 Å². The van der Waals surface area contributed by atoms with Crippen LogP contribution in [0.2, 0.25) is 0 Å². The molecule has 0 aromatic heterocycles. The number of carbonyl (C=O) groups is 2. The normalized spacial score (nSPS) is 15.6. The second-order valence-electron chi connectivity index (χ2n) is 3.73. The zero-order valence-electron chi connectivity index (χ0n) is 9.11. The number of aliphatic carboxylic acids is 1. The molecule has 2 rings (SSSR count). The molecule has 0 atom stereocenters. The Bertz CT molecular complexity index is 536. The predicted molar refractivity (Wildman–Crippen MR) is 66.6 cm³/mol. The maximum absolute atomic E-state index is 11.9. The Morgan fingerprint density at radius 3 is 2.59 bits per heavy atom. The molecule has 0 aliphatic carbocycles. The van der Waals surface area contributed by atoms with Gasteiger partial charge in [0, 0.05) is 10.2 Å². The minimum atomic E-state index is -1.04. The molecule has 1 heterocycles. The molecule has 1 aromatic rings. The smallest absolute Gasteiger partial charge is 0.333 e. The Morgan fingerprint density at radius 2 is 2.06 bits per heavy atom. The molecule has 0 radical (unpaired) electrons. The summed E-state index contributed by atoms with van der Waals surface area (Å²) in [6.45, 7) is 1.65. The van der Waals surface area contributed by atoms with E-state index in [-0.39, 0.29) is 17.9 Å². The van der Waals surface area contributed by atoms with Gasteiger partial charge in [-0.25, -0.2) is 4.79 Å². The average Bonchev–Trinajstić information content (AvgIpc) is 2.56. The molecule has 0 unspecified atom stereocenters. The van der Waals surface area contributed by atoms with E-state index in [1.165, 1.54) is 4.90 Å². The lowest BCUT2D eigenvalue weighted by atomic mass is 10.2. The average molecular weight is 296 g/mol. The van der Waals surface area contributed by atoms with Crippen LogP contribution in [0.1, 0.15) is 13.3 Å². The first kappa shape index (κ1) is 11.9. The number of para-hydroxylation sites is 1. The first-order valence-electron chi connectivity index (χ1n) is 5.03. The van der Waals surface area contributed by atoms with Gasteiger partial charge >= 0.3 is 5.97 Å². The van der Waals surface area contributed by atoms with E-state index in [0.29, 0.717) is 11.4 Å². The molecule has 5 heteroatoms. The molecule has 1 N–H and O–H groups in total. The molecular weight excluding hydrogens is 286 g/mol. The van der Waals surface area contributed by atoms with E-state index in [2.05, 4.69) is 15.9 Å². The van der Waals surface area contributed by atoms with Crippen LogP contribution in [-0.4, -0.2) is 17.0 Å². The van der Waals surface area contributed by atoms with E-state index in [1.807, 2.05) is 12.1 Å². The minimum absolute atomic E-state index is 0.0531. The van der Waals surface area contributed by atoms with E-state index in [9.17, 15) is 9.59 Å². The van der Waals surface area contributed by atoms with Crippen molar-refractivity contribution in [3.05, 3.63) is 40.0 Å². The molecule has 0 saturated carbocycles. The fourth-order valence-electron chi connectivity index (χ4n) is 1.86. The number of rotatable bonds is 2. The number of allylic oxidation sites excluding steroid dienone is 1. The van der Waals surface area contributed by atoms with Gasteiger partial charge in [-0.3, -0.25) is 9.69 Å². The number of benzene rings is 1. The van der Waals surface area contributed by atoms with Gasteiger partial charge < -0.3 is 5.11 Å². The van der Waals surface area contributed by atoms with Crippen LogP contribution < -0.4 is 4.90 Å². The number of hydrogen-bond acceptors (Lipinski definition) is 2. The molecule has 88 valence electrons. The Balaban J connectivity index is 2.50. The van der Waals surface area contributed by atoms with Gasteiger partial charge in [0.05, 0.1) is 17.7 Å². The van der Waals surface area contributed by atoms with Crippen LogP contribution in [0.5, 0.6) is 0 Å². The number of amides is 1. The molecule has 4 nitrogen and oxygen atoms in total. The lowest BCUT2D eigenvalue weighted by Gasteiger charge is -2.19. The quantitative estimate of drug-likeness (QED) is 0.912. The number of anilines is 1. The molecule has 0 saturated heterocycles. The van der Waals surface area contributed by atoms with Crippen molar-refractivity contribution in [3.63, 3.8) is 0 Å². The van der Waals surface area contributed by atoms with Crippen LogP contribution >= 0.6 is 15.9 Å². The van der Waals surface area contributed by atoms with Crippen molar-refractivity contribution in [3.8, 4) is 0 Å². The number of carboxylic acids is 1. The fraction of sp³-hybridized carbons (Fsp3) is 0.167. The van der Waals surface area contributed by atoms with Gasteiger partial charge in [-0.05, 0) is 35.0 Å². The highest BCUT2D eigenvalue weighted by atomic mass is 79.9. The summed E-state index contributed by atoms with van der Waals surface area (Å²) in [5.74, 6) is -1.25. The Morgan fingerprint density at radius 1 is 1.41 bits per heavy atom. The summed E-state index contributed by atoms with van der Waals surface area (Å²) in [6, 6.07) is 7.23. The summed E-state index contributed by atoms with van der Waals surface area (Å²) in [5, 5.41) is 8.99. The van der Waals surface area contributed by atoms with Crippen molar-refractivity contribution in [2.45, 2.75) is 13.3 Å². The van der Waals surface area contributed by atoms with Gasteiger partial charge in [-0.15, -0.1) is 0 Å². The molecule has 1 amide bonds. The first-order chi connectivity index (χ1) is 8.02. The Kier molecular flexibility index (Phi) is 3.02. The molecule has 0 bridgehead atoms. The van der Waals surface area contributed by atoms with E-state index in [1.54, 1.807) is 19.1 Å². The van der Waals surface area contributed by atoms with Gasteiger partial charge in [0.2, 0.25) is 5.91 Å². The number of hydrogen-bond donors (Lipinski definition) is 1. The van der Waals surface area contributed by atoms with Crippen molar-refractivity contribution in [2.75, 3.05) is 4.90 Å². The number of halogens is 1. The SMILES string of the molecule is CC1=C(C(=O)O)CC(=O)N1c1ccccc1Br. The summed E-state index contributed by atoms with van der Waals surface area (Å²) in [7, 11) is 0. The second kappa shape index (κ2) is 4.33. The maximum Gasteiger partial charge on any atom is 0.333 e. The number of carboxylic acid groups (broad SMARTS) is 1. The summed E-state index contributed by atoms with van der Waals surface area (Å²) in [4.78, 5) is 24.3. The Labute approximate surface area is 107 Å². The zero-order valence-corrected chi connectivity index (χ0v) is 10.7. The van der Waals surface area contributed by atoms with Crippen molar-refractivity contribution >= 4 is 33.5 Å². The highest BCUT2D eigenvalue weighted by Gasteiger charge is 2.32. The van der Waals surface area contributed by atoms with Crippen molar-refractivity contribution < 1.29 is 14.7 Å². The molecule has 1 aromatic carbocycles. The molecule has 0 spiro atoms. The monoisotopic (exact) mass is 295 g/mol. The minimum Gasteiger partial charge on any atom is -0.478 e. The fourth-order valence-corrected chi connectivity index (χ4v) is 2.32. The van der Waals surface area contributed by atoms with Crippen molar-refractivity contribution in [1.82, 2.24) is 0 Å². The van der Waals surface area contributed by atoms with Gasteiger partial charge in [0.25, 0.3) is 0 Å². The van der Waals surface area contributed by atoms with Crippen LogP contribution in [0.25, 0.3) is 0 Å². The summed E-state index contributed by atoms with van der Waals surface area (Å²) in [5.41, 5.74) is 1.31. The van der Waals surface area contributed by atoms with Crippen LogP contribution in [0.3, 0.4) is 0 Å². The largest absolute Gasteiger partial charge is 0.478 e.